The number of rotatable bonds is 4. The second kappa shape index (κ2) is 5.18. The van der Waals surface area contributed by atoms with Crippen LogP contribution in [0.2, 0.25) is 0 Å². The molecule has 1 aromatic heterocycles. The van der Waals surface area contributed by atoms with Crippen molar-refractivity contribution in [1.29, 1.82) is 0 Å². The van der Waals surface area contributed by atoms with Crippen LogP contribution < -0.4 is 5.73 Å². The molecule has 0 aliphatic heterocycles. The summed E-state index contributed by atoms with van der Waals surface area (Å²) in [4.78, 5) is 11.7. The molecule has 0 saturated heterocycles. The Hall–Kier alpha value is -1.88. The van der Waals surface area contributed by atoms with Crippen molar-refractivity contribution in [3.05, 3.63) is 47.4 Å². The highest BCUT2D eigenvalue weighted by Crippen LogP contribution is 2.29. The van der Waals surface area contributed by atoms with Crippen LogP contribution in [-0.2, 0) is 5.75 Å². The molecule has 0 saturated carbocycles. The predicted molar refractivity (Wildman–Crippen MR) is 70.8 cm³/mol. The zero-order chi connectivity index (χ0) is 13.1. The minimum absolute atomic E-state index is 0.169. The minimum Gasteiger partial charge on any atom is -0.478 e. The van der Waals surface area contributed by atoms with E-state index in [1.807, 2.05) is 25.1 Å². The maximum Gasteiger partial charge on any atom is 0.338 e. The van der Waals surface area contributed by atoms with E-state index >= 15 is 0 Å². The summed E-state index contributed by atoms with van der Waals surface area (Å²) in [7, 11) is 0. The third-order valence-electron chi connectivity index (χ3n) is 2.44. The zero-order valence-corrected chi connectivity index (χ0v) is 10.7. The first-order valence-corrected chi connectivity index (χ1v) is 6.34. The maximum absolute atomic E-state index is 10.7. The molecular weight excluding hydrogens is 250 g/mol. The SMILES string of the molecule is Cc1ccc(SCc2cc(C(=O)O)co2)c(N)c1. The van der Waals surface area contributed by atoms with Gasteiger partial charge in [0, 0.05) is 10.6 Å². The number of hydrogen-bond donors (Lipinski definition) is 2. The largest absolute Gasteiger partial charge is 0.478 e. The van der Waals surface area contributed by atoms with Crippen LogP contribution in [0.25, 0.3) is 0 Å². The van der Waals surface area contributed by atoms with Crippen LogP contribution in [0.15, 0.2) is 39.8 Å². The van der Waals surface area contributed by atoms with Gasteiger partial charge in [-0.1, -0.05) is 6.07 Å². The quantitative estimate of drug-likeness (QED) is 0.654. The number of nitrogen functional groups attached to an aromatic ring is 1. The molecule has 2 rings (SSSR count). The summed E-state index contributed by atoms with van der Waals surface area (Å²) < 4.78 is 5.17. The molecule has 0 unspecified atom stereocenters. The van der Waals surface area contributed by atoms with E-state index in [0.717, 1.165) is 16.1 Å². The van der Waals surface area contributed by atoms with Crippen molar-refractivity contribution in [2.45, 2.75) is 17.6 Å². The molecule has 5 heteroatoms. The van der Waals surface area contributed by atoms with Gasteiger partial charge in [-0.05, 0) is 30.7 Å². The summed E-state index contributed by atoms with van der Waals surface area (Å²) in [5, 5.41) is 8.77. The molecule has 4 nitrogen and oxygen atoms in total. The van der Waals surface area contributed by atoms with Crippen LogP contribution in [0.5, 0.6) is 0 Å². The van der Waals surface area contributed by atoms with Crippen LogP contribution >= 0.6 is 11.8 Å². The normalized spacial score (nSPS) is 10.5. The van der Waals surface area contributed by atoms with Crippen molar-refractivity contribution >= 4 is 23.4 Å². The van der Waals surface area contributed by atoms with E-state index < -0.39 is 5.97 Å². The highest BCUT2D eigenvalue weighted by molar-refractivity contribution is 7.98. The first-order chi connectivity index (χ1) is 8.56. The number of hydrogen-bond acceptors (Lipinski definition) is 4. The molecule has 0 atom stereocenters. The fraction of sp³-hybridized carbons (Fsp3) is 0.154. The number of carboxylic acids is 1. The van der Waals surface area contributed by atoms with Gasteiger partial charge in [-0.25, -0.2) is 4.79 Å². The lowest BCUT2D eigenvalue weighted by molar-refractivity contribution is 0.0696. The first kappa shape index (κ1) is 12.6. The Bertz CT molecular complexity index is 577. The Morgan fingerprint density at radius 2 is 2.22 bits per heavy atom. The number of aromatic carboxylic acids is 1. The summed E-state index contributed by atoms with van der Waals surface area (Å²) in [6.07, 6.45) is 1.25. The van der Waals surface area contributed by atoms with Crippen molar-refractivity contribution in [3.63, 3.8) is 0 Å². The van der Waals surface area contributed by atoms with Crippen LogP contribution in [0.3, 0.4) is 0 Å². The molecule has 1 heterocycles. The summed E-state index contributed by atoms with van der Waals surface area (Å²) in [6.45, 7) is 1.98. The van der Waals surface area contributed by atoms with Gasteiger partial charge in [0.05, 0.1) is 11.3 Å². The molecule has 3 N–H and O–H groups in total. The molecule has 0 fully saturated rings. The lowest BCUT2D eigenvalue weighted by Crippen LogP contribution is -1.92. The van der Waals surface area contributed by atoms with E-state index in [-0.39, 0.29) is 5.56 Å². The Kier molecular flexibility index (Phi) is 3.62. The summed E-state index contributed by atoms with van der Waals surface area (Å²) >= 11 is 1.52. The van der Waals surface area contributed by atoms with Crippen molar-refractivity contribution in [2.24, 2.45) is 0 Å². The Labute approximate surface area is 109 Å². The van der Waals surface area contributed by atoms with Crippen LogP contribution in [0.1, 0.15) is 21.7 Å². The third-order valence-corrected chi connectivity index (χ3v) is 3.55. The number of thioether (sulfide) groups is 1. The lowest BCUT2D eigenvalue weighted by atomic mass is 10.2. The Balaban J connectivity index is 2.04. The number of benzene rings is 1. The van der Waals surface area contributed by atoms with Crippen molar-refractivity contribution < 1.29 is 14.3 Å². The van der Waals surface area contributed by atoms with Crippen LogP contribution in [0, 0.1) is 6.92 Å². The molecule has 0 aliphatic carbocycles. The number of carbonyl (C=O) groups is 1. The van der Waals surface area contributed by atoms with Gasteiger partial charge in [-0.15, -0.1) is 11.8 Å². The van der Waals surface area contributed by atoms with E-state index in [1.165, 1.54) is 24.1 Å². The van der Waals surface area contributed by atoms with Crippen molar-refractivity contribution in [2.75, 3.05) is 5.73 Å². The molecule has 1 aromatic carbocycles. The number of carboxylic acid groups (broad SMARTS) is 1. The van der Waals surface area contributed by atoms with Gasteiger partial charge < -0.3 is 15.3 Å². The fourth-order valence-electron chi connectivity index (χ4n) is 1.52. The molecule has 2 aromatic rings. The van der Waals surface area contributed by atoms with Gasteiger partial charge in [-0.3, -0.25) is 0 Å². The van der Waals surface area contributed by atoms with Crippen LogP contribution in [-0.4, -0.2) is 11.1 Å². The molecule has 0 amide bonds. The topological polar surface area (TPSA) is 76.5 Å². The average Bonchev–Trinajstić information content (AvgIpc) is 2.76. The average molecular weight is 263 g/mol. The fourth-order valence-corrected chi connectivity index (χ4v) is 2.36. The van der Waals surface area contributed by atoms with Gasteiger partial charge in [0.1, 0.15) is 12.0 Å². The van der Waals surface area contributed by atoms with Gasteiger partial charge in [0.25, 0.3) is 0 Å². The van der Waals surface area contributed by atoms with Gasteiger partial charge in [-0.2, -0.15) is 0 Å². The maximum atomic E-state index is 10.7. The zero-order valence-electron chi connectivity index (χ0n) is 9.84. The van der Waals surface area contributed by atoms with E-state index in [9.17, 15) is 4.79 Å². The summed E-state index contributed by atoms with van der Waals surface area (Å²) in [5.41, 5.74) is 7.90. The van der Waals surface area contributed by atoms with Crippen molar-refractivity contribution in [1.82, 2.24) is 0 Å². The molecular formula is C13H13NO3S. The van der Waals surface area contributed by atoms with E-state index in [4.69, 9.17) is 15.3 Å². The lowest BCUT2D eigenvalue weighted by Gasteiger charge is -2.04. The number of aryl methyl sites for hydroxylation is 1. The number of furan rings is 1. The smallest absolute Gasteiger partial charge is 0.338 e. The Morgan fingerprint density at radius 3 is 2.83 bits per heavy atom. The molecule has 0 bridgehead atoms. The molecule has 0 radical (unpaired) electrons. The monoisotopic (exact) mass is 263 g/mol. The standard InChI is InChI=1S/C13H13NO3S/c1-8-2-3-12(11(14)4-8)18-7-10-5-9(6-17-10)13(15)16/h2-6H,7,14H2,1H3,(H,15,16). The van der Waals surface area contributed by atoms with E-state index in [0.29, 0.717) is 11.5 Å². The summed E-state index contributed by atoms with van der Waals surface area (Å²) in [5.74, 6) is 0.197. The van der Waals surface area contributed by atoms with Gasteiger partial charge >= 0.3 is 5.97 Å². The second-order valence-electron chi connectivity index (χ2n) is 3.94. The number of nitrogens with two attached hydrogens (primary N) is 1. The first-order valence-electron chi connectivity index (χ1n) is 5.36. The number of anilines is 1. The van der Waals surface area contributed by atoms with Gasteiger partial charge in [0.2, 0.25) is 0 Å². The van der Waals surface area contributed by atoms with E-state index in [1.54, 1.807) is 0 Å². The molecule has 0 aliphatic rings. The third kappa shape index (κ3) is 2.87. The summed E-state index contributed by atoms with van der Waals surface area (Å²) in [6, 6.07) is 7.38. The van der Waals surface area contributed by atoms with Crippen LogP contribution in [0.4, 0.5) is 5.69 Å². The Morgan fingerprint density at radius 1 is 1.44 bits per heavy atom. The second-order valence-corrected chi connectivity index (χ2v) is 4.95. The minimum atomic E-state index is -0.982. The highest BCUT2D eigenvalue weighted by atomic mass is 32.2. The van der Waals surface area contributed by atoms with E-state index in [2.05, 4.69) is 0 Å². The molecule has 0 spiro atoms. The molecule has 18 heavy (non-hydrogen) atoms. The predicted octanol–water partition coefficient (Wildman–Crippen LogP) is 3.16. The molecule has 94 valence electrons. The van der Waals surface area contributed by atoms with Gasteiger partial charge in [0.15, 0.2) is 0 Å². The van der Waals surface area contributed by atoms with Crippen molar-refractivity contribution in [3.8, 4) is 0 Å². The highest BCUT2D eigenvalue weighted by Gasteiger charge is 2.09.